The van der Waals surface area contributed by atoms with Crippen LogP contribution in [0, 0.1) is 6.67 Å². The average molecular weight is 698 g/mol. The maximum atomic E-state index is 5.82. The second-order valence-corrected chi connectivity index (χ2v) is 16.8. The summed E-state index contributed by atoms with van der Waals surface area (Å²) in [5.41, 5.74) is 6.97. The minimum atomic E-state index is -1.77. The van der Waals surface area contributed by atoms with Crippen LogP contribution >= 0.6 is 19.4 Å². The number of halogens is 2. The Bertz CT molecular complexity index is 1210. The number of nitrogens with zero attached hydrogens (tertiary/aromatic N) is 2. The summed E-state index contributed by atoms with van der Waals surface area (Å²) in [6.07, 6.45) is 4.99. The van der Waals surface area contributed by atoms with Crippen molar-refractivity contribution in [1.29, 1.82) is 0 Å². The zero-order valence-corrected chi connectivity index (χ0v) is 29.4. The first-order valence-corrected chi connectivity index (χ1v) is 20.9. The Labute approximate surface area is 268 Å². The minimum absolute atomic E-state index is 0.163. The molecule has 42 heavy (non-hydrogen) atoms. The molecule has 0 amide bonds. The van der Waals surface area contributed by atoms with Crippen molar-refractivity contribution in [2.75, 3.05) is 18.0 Å². The standard InChI is InChI=1S/C26H37N2.C10H12O.2ClH.Ru/c1-5-22(6-2)24-15-12-16-25(23(7-3)8-4)26(24)28-18-17-27(20-28)19-21-13-10-9-11-14-21;1-8(2)11-10-7-5-4-6-9(10)3;;;/h9-16,20,22-23H,5-8,17-19H2,1-4H3;3-8H,1-2H3;2*1H;/q-1;;;;+2/p-2. The molecule has 1 aliphatic heterocycles. The molecule has 0 aromatic heterocycles. The molecule has 0 atom stereocenters. The summed E-state index contributed by atoms with van der Waals surface area (Å²) in [4.78, 5) is 5.01. The number of hydrogen-bond donors (Lipinski definition) is 0. The van der Waals surface area contributed by atoms with E-state index in [2.05, 4.69) is 92.7 Å². The molecule has 0 spiro atoms. The average Bonchev–Trinajstić information content (AvgIpc) is 3.44. The van der Waals surface area contributed by atoms with Crippen molar-refractivity contribution in [3.05, 3.63) is 102 Å². The van der Waals surface area contributed by atoms with Gasteiger partial charge in [0.1, 0.15) is 0 Å². The van der Waals surface area contributed by atoms with E-state index in [-0.39, 0.29) is 6.10 Å². The summed E-state index contributed by atoms with van der Waals surface area (Å²) in [7, 11) is 11.6. The molecular formula is C36H49Cl2N2ORu-. The Morgan fingerprint density at radius 2 is 1.36 bits per heavy atom. The third kappa shape index (κ3) is 10.2. The maximum absolute atomic E-state index is 5.82. The smallest absolute Gasteiger partial charge is 0.0153 e. The predicted octanol–water partition coefficient (Wildman–Crippen LogP) is 10.5. The van der Waals surface area contributed by atoms with Crippen molar-refractivity contribution < 1.29 is 18.3 Å². The molecule has 1 heterocycles. The zero-order chi connectivity index (χ0) is 30.5. The Balaban J connectivity index is 0.000000291. The topological polar surface area (TPSA) is 15.7 Å². The Kier molecular flexibility index (Phi) is 15.1. The first-order valence-electron chi connectivity index (χ1n) is 15.4. The molecule has 0 N–H and O–H groups in total. The van der Waals surface area contributed by atoms with Gasteiger partial charge in [-0.15, -0.1) is 0 Å². The van der Waals surface area contributed by atoms with Crippen LogP contribution in [-0.4, -0.2) is 28.7 Å². The van der Waals surface area contributed by atoms with Gasteiger partial charge in [0, 0.05) is 12.2 Å². The Morgan fingerprint density at radius 1 is 0.786 bits per heavy atom. The molecule has 3 nitrogen and oxygen atoms in total. The molecule has 1 aliphatic rings. The quantitative estimate of drug-likeness (QED) is 0.138. The van der Waals surface area contributed by atoms with Crippen LogP contribution < -0.4 is 9.64 Å². The van der Waals surface area contributed by atoms with Crippen LogP contribution in [0.1, 0.15) is 101 Å². The van der Waals surface area contributed by atoms with Gasteiger partial charge < -0.3 is 9.80 Å². The monoisotopic (exact) mass is 697 g/mol. The third-order valence-electron chi connectivity index (χ3n) is 7.86. The van der Waals surface area contributed by atoms with Gasteiger partial charge in [0.2, 0.25) is 0 Å². The van der Waals surface area contributed by atoms with Gasteiger partial charge >= 0.3 is 97.8 Å². The van der Waals surface area contributed by atoms with Crippen molar-refractivity contribution in [1.82, 2.24) is 4.90 Å². The summed E-state index contributed by atoms with van der Waals surface area (Å²) < 4.78 is 7.51. The van der Waals surface area contributed by atoms with Crippen LogP contribution in [0.15, 0.2) is 72.8 Å². The fourth-order valence-electron chi connectivity index (χ4n) is 5.69. The van der Waals surface area contributed by atoms with Crippen molar-refractivity contribution in [3.8, 4) is 5.75 Å². The molecule has 1 saturated heterocycles. The summed E-state index contributed by atoms with van der Waals surface area (Å²) in [6.45, 7) is 18.8. The second kappa shape index (κ2) is 18.2. The SMILES string of the molecule is CC(C)Oc1ccccc1[CH]=[Ru]([Cl])[Cl].CCC(CC)c1cccc(C(CC)CC)c1N1[CH-]N(Cc2ccccc2)CC1. The van der Waals surface area contributed by atoms with Gasteiger partial charge in [0.25, 0.3) is 0 Å². The maximum Gasteiger partial charge on any atom is 0.0153 e. The van der Waals surface area contributed by atoms with Crippen LogP contribution in [0.25, 0.3) is 0 Å². The molecule has 0 bridgehead atoms. The number of para-hydroxylation sites is 2. The van der Waals surface area contributed by atoms with Gasteiger partial charge in [0.15, 0.2) is 0 Å². The predicted molar refractivity (Wildman–Crippen MR) is 181 cm³/mol. The van der Waals surface area contributed by atoms with Crippen LogP contribution in [0.3, 0.4) is 0 Å². The number of anilines is 1. The fraction of sp³-hybridized carbons (Fsp3) is 0.444. The molecule has 0 radical (unpaired) electrons. The zero-order valence-electron chi connectivity index (χ0n) is 26.2. The molecule has 4 rings (SSSR count). The van der Waals surface area contributed by atoms with Gasteiger partial charge in [-0.1, -0.05) is 76.2 Å². The van der Waals surface area contributed by atoms with Crippen molar-refractivity contribution >= 4 is 29.7 Å². The van der Waals surface area contributed by atoms with Gasteiger partial charge in [-0.3, -0.25) is 0 Å². The van der Waals surface area contributed by atoms with Gasteiger partial charge in [-0.05, 0) is 67.3 Å². The summed E-state index contributed by atoms with van der Waals surface area (Å²) in [6, 6.07) is 25.7. The van der Waals surface area contributed by atoms with Gasteiger partial charge in [-0.25, -0.2) is 0 Å². The number of rotatable bonds is 12. The van der Waals surface area contributed by atoms with Crippen molar-refractivity contribution in [2.24, 2.45) is 0 Å². The van der Waals surface area contributed by atoms with E-state index in [0.29, 0.717) is 11.8 Å². The van der Waals surface area contributed by atoms with E-state index in [1.807, 2.05) is 42.7 Å². The molecule has 6 heteroatoms. The summed E-state index contributed by atoms with van der Waals surface area (Å²) >= 11 is -1.77. The number of benzene rings is 3. The van der Waals surface area contributed by atoms with Crippen LogP contribution in [0.2, 0.25) is 0 Å². The van der Waals surface area contributed by atoms with E-state index < -0.39 is 13.5 Å². The molecule has 232 valence electrons. The summed E-state index contributed by atoms with van der Waals surface area (Å²) in [5, 5.41) is 0. The van der Waals surface area contributed by atoms with E-state index in [0.717, 1.165) is 30.9 Å². The van der Waals surface area contributed by atoms with E-state index in [1.165, 1.54) is 36.9 Å². The fourth-order valence-corrected chi connectivity index (χ4v) is 7.50. The van der Waals surface area contributed by atoms with Crippen molar-refractivity contribution in [2.45, 2.75) is 91.7 Å². The van der Waals surface area contributed by atoms with E-state index >= 15 is 0 Å². The third-order valence-corrected chi connectivity index (χ3v) is 9.70. The van der Waals surface area contributed by atoms with E-state index in [1.54, 1.807) is 11.1 Å². The van der Waals surface area contributed by atoms with Gasteiger partial charge in [0.05, 0.1) is 0 Å². The van der Waals surface area contributed by atoms with Crippen LogP contribution in [-0.2, 0) is 20.1 Å². The first-order chi connectivity index (χ1) is 20.3. The molecule has 1 fully saturated rings. The van der Waals surface area contributed by atoms with Crippen LogP contribution in [0.5, 0.6) is 5.75 Å². The summed E-state index contributed by atoms with van der Waals surface area (Å²) in [5.74, 6) is 2.13. The van der Waals surface area contributed by atoms with E-state index in [4.69, 9.17) is 24.1 Å². The van der Waals surface area contributed by atoms with Crippen molar-refractivity contribution in [3.63, 3.8) is 0 Å². The molecule has 0 aliphatic carbocycles. The minimum Gasteiger partial charge on any atom is -0.507 e. The molecule has 3 aromatic rings. The largest absolute Gasteiger partial charge is 0.507 e. The number of hydrogen-bond acceptors (Lipinski definition) is 3. The molecule has 0 unspecified atom stereocenters. The first kappa shape index (κ1) is 34.8. The molecular weight excluding hydrogens is 648 g/mol. The Hall–Kier alpha value is -1.71. The normalized spacial score (nSPS) is 13.9. The molecule has 3 aromatic carbocycles. The van der Waals surface area contributed by atoms with E-state index in [9.17, 15) is 0 Å². The molecule has 0 saturated carbocycles. The van der Waals surface area contributed by atoms with Crippen LogP contribution in [0.4, 0.5) is 5.69 Å². The number of ether oxygens (including phenoxy) is 1. The Morgan fingerprint density at radius 3 is 1.90 bits per heavy atom. The van der Waals surface area contributed by atoms with Gasteiger partial charge in [-0.2, -0.15) is 6.67 Å². The second-order valence-electron chi connectivity index (χ2n) is 11.1.